The third-order valence-corrected chi connectivity index (χ3v) is 10.3. The van der Waals surface area contributed by atoms with Gasteiger partial charge in [0.15, 0.2) is 0 Å². The zero-order valence-corrected chi connectivity index (χ0v) is 26.8. The maximum Gasteiger partial charge on any atom is 0.132 e. The average molecular weight is 626 g/mol. The zero-order valence-electron chi connectivity index (χ0n) is 26.8. The van der Waals surface area contributed by atoms with Crippen molar-refractivity contribution in [3.8, 4) is 33.8 Å². The van der Waals surface area contributed by atoms with Crippen molar-refractivity contribution < 1.29 is 4.74 Å². The molecule has 0 aromatic heterocycles. The second-order valence-corrected chi connectivity index (χ2v) is 12.9. The Morgan fingerprint density at radius 2 is 1.04 bits per heavy atom. The number of hydrogen-bond acceptors (Lipinski definition) is 2. The molecule has 1 heterocycles. The molecule has 0 radical (unpaired) electrons. The van der Waals surface area contributed by atoms with Gasteiger partial charge < -0.3 is 9.64 Å². The summed E-state index contributed by atoms with van der Waals surface area (Å²) in [6, 6.07) is 67.8. The van der Waals surface area contributed by atoms with E-state index in [9.17, 15) is 0 Å². The molecule has 8 aromatic rings. The summed E-state index contributed by atoms with van der Waals surface area (Å²) in [5.41, 5.74) is 12.6. The lowest BCUT2D eigenvalue weighted by atomic mass is 9.66. The van der Waals surface area contributed by atoms with Crippen molar-refractivity contribution in [2.75, 3.05) is 4.90 Å². The van der Waals surface area contributed by atoms with E-state index in [1.165, 1.54) is 49.7 Å². The van der Waals surface area contributed by atoms with Crippen LogP contribution in [0.15, 0.2) is 188 Å². The zero-order chi connectivity index (χ0) is 32.4. The molecule has 10 rings (SSSR count). The molecule has 1 aliphatic heterocycles. The van der Waals surface area contributed by atoms with E-state index in [0.29, 0.717) is 0 Å². The monoisotopic (exact) mass is 625 g/mol. The number of ether oxygens (including phenoxy) is 1. The van der Waals surface area contributed by atoms with Gasteiger partial charge in [0.1, 0.15) is 11.5 Å². The molecule has 1 spiro atoms. The van der Waals surface area contributed by atoms with Crippen LogP contribution in [0, 0.1) is 0 Å². The smallest absolute Gasteiger partial charge is 0.132 e. The number of para-hydroxylation sites is 2. The minimum Gasteiger partial charge on any atom is -0.457 e. The van der Waals surface area contributed by atoms with E-state index in [0.717, 1.165) is 34.1 Å². The quantitative estimate of drug-likeness (QED) is 0.193. The molecule has 1 unspecified atom stereocenters. The number of anilines is 3. The molecular weight excluding hydrogens is 595 g/mol. The Balaban J connectivity index is 1.24. The maximum absolute atomic E-state index is 6.77. The van der Waals surface area contributed by atoms with Crippen LogP contribution < -0.4 is 9.64 Å². The van der Waals surface area contributed by atoms with Crippen LogP contribution >= 0.6 is 0 Å². The van der Waals surface area contributed by atoms with Gasteiger partial charge in [-0.2, -0.15) is 0 Å². The van der Waals surface area contributed by atoms with Gasteiger partial charge in [-0.15, -0.1) is 0 Å². The van der Waals surface area contributed by atoms with Crippen molar-refractivity contribution in [1.29, 1.82) is 0 Å². The van der Waals surface area contributed by atoms with Gasteiger partial charge in [-0.1, -0.05) is 146 Å². The van der Waals surface area contributed by atoms with E-state index in [4.69, 9.17) is 4.74 Å². The summed E-state index contributed by atoms with van der Waals surface area (Å²) in [7, 11) is 0. The molecule has 0 N–H and O–H groups in total. The summed E-state index contributed by atoms with van der Waals surface area (Å²) in [6.45, 7) is 0. The van der Waals surface area contributed by atoms with Crippen molar-refractivity contribution in [3.63, 3.8) is 0 Å². The summed E-state index contributed by atoms with van der Waals surface area (Å²) in [4.78, 5) is 2.40. The van der Waals surface area contributed by atoms with Gasteiger partial charge in [0.25, 0.3) is 0 Å². The molecule has 1 atom stereocenters. The molecule has 2 aliphatic rings. The molecule has 1 aliphatic carbocycles. The normalized spacial score (nSPS) is 15.2. The van der Waals surface area contributed by atoms with E-state index in [2.05, 4.69) is 193 Å². The van der Waals surface area contributed by atoms with Crippen molar-refractivity contribution in [2.24, 2.45) is 0 Å². The van der Waals surface area contributed by atoms with E-state index in [1.807, 2.05) is 0 Å². The summed E-state index contributed by atoms with van der Waals surface area (Å²) in [5, 5.41) is 2.43. The molecule has 8 aromatic carbocycles. The van der Waals surface area contributed by atoms with Gasteiger partial charge in [0.05, 0.1) is 11.1 Å². The standard InChI is InChI=1S/C47H31NO/c1-3-14-32(15-4-1)34-26-28-43-46(30-34)49-45-25-12-11-23-42(45)47(43)40-22-10-9-21-38(40)39-31-36(27-29-41(39)47)48(35-18-5-2-6-19-35)44-24-13-17-33-16-7-8-20-37(33)44/h1-31H. The van der Waals surface area contributed by atoms with Gasteiger partial charge in [-0.25, -0.2) is 0 Å². The highest BCUT2D eigenvalue weighted by Crippen LogP contribution is 2.63. The summed E-state index contributed by atoms with van der Waals surface area (Å²) >= 11 is 0. The number of benzene rings is 8. The number of nitrogens with zero attached hydrogens (tertiary/aromatic N) is 1. The molecule has 0 bridgehead atoms. The SMILES string of the molecule is c1ccc(-c2ccc3c(c2)Oc2ccccc2C32c3ccccc3-c3cc(N(c4ccccc4)c4cccc5ccccc45)ccc32)cc1. The molecule has 0 saturated heterocycles. The molecule has 2 heteroatoms. The minimum absolute atomic E-state index is 0.527. The Hall–Kier alpha value is -6.38. The van der Waals surface area contributed by atoms with Crippen LogP contribution in [-0.4, -0.2) is 0 Å². The fraction of sp³-hybridized carbons (Fsp3) is 0.0213. The summed E-state index contributed by atoms with van der Waals surface area (Å²) in [6.07, 6.45) is 0. The molecule has 0 amide bonds. The molecule has 49 heavy (non-hydrogen) atoms. The first kappa shape index (κ1) is 27.7. The lowest BCUT2D eigenvalue weighted by Gasteiger charge is -2.39. The molecular formula is C47H31NO. The first-order valence-electron chi connectivity index (χ1n) is 16.9. The third kappa shape index (κ3) is 4.07. The van der Waals surface area contributed by atoms with Crippen LogP contribution in [0.5, 0.6) is 11.5 Å². The van der Waals surface area contributed by atoms with Crippen LogP contribution in [0.2, 0.25) is 0 Å². The highest BCUT2D eigenvalue weighted by atomic mass is 16.5. The lowest BCUT2D eigenvalue weighted by Crippen LogP contribution is -2.32. The number of fused-ring (bicyclic) bond motifs is 10. The van der Waals surface area contributed by atoms with E-state index < -0.39 is 5.41 Å². The van der Waals surface area contributed by atoms with Gasteiger partial charge >= 0.3 is 0 Å². The first-order chi connectivity index (χ1) is 24.3. The van der Waals surface area contributed by atoms with Crippen LogP contribution in [0.4, 0.5) is 17.1 Å². The maximum atomic E-state index is 6.77. The Morgan fingerprint density at radius 1 is 0.388 bits per heavy atom. The fourth-order valence-corrected chi connectivity index (χ4v) is 8.25. The summed E-state index contributed by atoms with van der Waals surface area (Å²) in [5.74, 6) is 1.79. The third-order valence-electron chi connectivity index (χ3n) is 10.3. The van der Waals surface area contributed by atoms with Crippen LogP contribution in [0.25, 0.3) is 33.0 Å². The Bertz CT molecular complexity index is 2530. The second-order valence-electron chi connectivity index (χ2n) is 12.9. The van der Waals surface area contributed by atoms with Gasteiger partial charge in [0, 0.05) is 27.9 Å². The Labute approximate surface area is 286 Å². The Morgan fingerprint density at radius 3 is 1.92 bits per heavy atom. The molecule has 0 fully saturated rings. The number of rotatable bonds is 4. The van der Waals surface area contributed by atoms with Crippen LogP contribution in [-0.2, 0) is 5.41 Å². The van der Waals surface area contributed by atoms with Crippen molar-refractivity contribution >= 4 is 27.8 Å². The highest BCUT2D eigenvalue weighted by Gasteiger charge is 2.51. The van der Waals surface area contributed by atoms with Crippen molar-refractivity contribution in [1.82, 2.24) is 0 Å². The average Bonchev–Trinajstić information content (AvgIpc) is 3.46. The predicted octanol–water partition coefficient (Wildman–Crippen LogP) is 12.4. The van der Waals surface area contributed by atoms with Gasteiger partial charge in [0.2, 0.25) is 0 Å². The van der Waals surface area contributed by atoms with E-state index in [1.54, 1.807) is 0 Å². The number of hydrogen-bond donors (Lipinski definition) is 0. The second kappa shape index (κ2) is 10.8. The lowest BCUT2D eigenvalue weighted by molar-refractivity contribution is 0.436. The predicted molar refractivity (Wildman–Crippen MR) is 201 cm³/mol. The van der Waals surface area contributed by atoms with E-state index in [-0.39, 0.29) is 0 Å². The molecule has 2 nitrogen and oxygen atoms in total. The van der Waals surface area contributed by atoms with E-state index >= 15 is 0 Å². The fourth-order valence-electron chi connectivity index (χ4n) is 8.25. The largest absolute Gasteiger partial charge is 0.457 e. The molecule has 230 valence electrons. The van der Waals surface area contributed by atoms with Crippen molar-refractivity contribution in [3.05, 3.63) is 210 Å². The first-order valence-corrected chi connectivity index (χ1v) is 16.9. The van der Waals surface area contributed by atoms with Gasteiger partial charge in [-0.05, 0) is 81.2 Å². The van der Waals surface area contributed by atoms with Crippen molar-refractivity contribution in [2.45, 2.75) is 5.41 Å². The topological polar surface area (TPSA) is 12.5 Å². The highest BCUT2D eigenvalue weighted by molar-refractivity contribution is 6.00. The summed E-state index contributed by atoms with van der Waals surface area (Å²) < 4.78 is 6.77. The van der Waals surface area contributed by atoms with Crippen LogP contribution in [0.3, 0.4) is 0 Å². The minimum atomic E-state index is -0.527. The van der Waals surface area contributed by atoms with Crippen LogP contribution in [0.1, 0.15) is 22.3 Å². The molecule has 0 saturated carbocycles. The van der Waals surface area contributed by atoms with Gasteiger partial charge in [-0.3, -0.25) is 0 Å². The Kier molecular flexibility index (Phi) is 6.13.